The van der Waals surface area contributed by atoms with Crippen molar-refractivity contribution < 1.29 is 28.3 Å². The lowest BCUT2D eigenvalue weighted by molar-refractivity contribution is -0.0293. The van der Waals surface area contributed by atoms with Crippen molar-refractivity contribution in [1.29, 1.82) is 5.26 Å². The van der Waals surface area contributed by atoms with Gasteiger partial charge in [0.1, 0.15) is 17.0 Å². The molecule has 3 rings (SSSR count). The van der Waals surface area contributed by atoms with Crippen molar-refractivity contribution in [3.8, 4) is 17.2 Å². The van der Waals surface area contributed by atoms with Gasteiger partial charge in [0.15, 0.2) is 0 Å². The van der Waals surface area contributed by atoms with Crippen molar-refractivity contribution in [2.45, 2.75) is 45.8 Å². The van der Waals surface area contributed by atoms with Gasteiger partial charge in [-0.25, -0.2) is 14.0 Å². The third kappa shape index (κ3) is 4.35. The Morgan fingerprint density at radius 3 is 2.50 bits per heavy atom. The Bertz CT molecular complexity index is 1070. The molecule has 0 unspecified atom stereocenters. The second-order valence-electron chi connectivity index (χ2n) is 8.30. The SMILES string of the molecule is CC(C)(C)OC(=O)ON1C(=O)OC(C)(C)c2cc(-c3cc(F)cc(C#N)c3)ccc21. The summed E-state index contributed by atoms with van der Waals surface area (Å²) in [5.41, 5.74) is 0.256. The molecule has 0 N–H and O–H groups in total. The highest BCUT2D eigenvalue weighted by atomic mass is 19.1. The highest BCUT2D eigenvalue weighted by Crippen LogP contribution is 2.41. The maximum absolute atomic E-state index is 13.9. The van der Waals surface area contributed by atoms with Gasteiger partial charge in [-0.3, -0.25) is 4.84 Å². The van der Waals surface area contributed by atoms with Gasteiger partial charge in [-0.05, 0) is 76.1 Å². The van der Waals surface area contributed by atoms with E-state index in [0.717, 1.165) is 11.1 Å². The van der Waals surface area contributed by atoms with E-state index in [1.54, 1.807) is 58.9 Å². The molecule has 1 heterocycles. The number of nitrogens with zero attached hydrogens (tertiary/aromatic N) is 2. The molecule has 30 heavy (non-hydrogen) atoms. The predicted octanol–water partition coefficient (Wildman–Crippen LogP) is 5.42. The van der Waals surface area contributed by atoms with E-state index in [0.29, 0.717) is 22.4 Å². The lowest BCUT2D eigenvalue weighted by Gasteiger charge is -2.37. The van der Waals surface area contributed by atoms with Crippen molar-refractivity contribution in [2.24, 2.45) is 0 Å². The maximum Gasteiger partial charge on any atom is 0.534 e. The van der Waals surface area contributed by atoms with Crippen LogP contribution >= 0.6 is 0 Å². The Kier molecular flexibility index (Phi) is 5.16. The smallest absolute Gasteiger partial charge is 0.436 e. The van der Waals surface area contributed by atoms with Gasteiger partial charge in [0, 0.05) is 5.56 Å². The third-order valence-electron chi connectivity index (χ3n) is 4.29. The van der Waals surface area contributed by atoms with Gasteiger partial charge in [-0.2, -0.15) is 5.26 Å². The van der Waals surface area contributed by atoms with E-state index < -0.39 is 29.3 Å². The molecular weight excluding hydrogens is 391 g/mol. The molecule has 2 aromatic carbocycles. The van der Waals surface area contributed by atoms with E-state index in [-0.39, 0.29) is 5.56 Å². The van der Waals surface area contributed by atoms with E-state index in [1.807, 2.05) is 6.07 Å². The van der Waals surface area contributed by atoms with Gasteiger partial charge in [0.25, 0.3) is 0 Å². The first kappa shape index (κ1) is 21.1. The number of benzene rings is 2. The molecule has 0 aromatic heterocycles. The normalized spacial score (nSPS) is 15.0. The molecule has 1 amide bonds. The number of hydrogen-bond donors (Lipinski definition) is 0. The molecule has 0 saturated heterocycles. The molecule has 0 saturated carbocycles. The first-order chi connectivity index (χ1) is 13.9. The molecule has 0 spiro atoms. The van der Waals surface area contributed by atoms with Crippen molar-refractivity contribution in [3.63, 3.8) is 0 Å². The van der Waals surface area contributed by atoms with E-state index in [2.05, 4.69) is 0 Å². The summed E-state index contributed by atoms with van der Waals surface area (Å²) in [6.45, 7) is 8.37. The fraction of sp³-hybridized carbons (Fsp3) is 0.318. The minimum Gasteiger partial charge on any atom is -0.436 e. The topological polar surface area (TPSA) is 88.9 Å². The quantitative estimate of drug-likeness (QED) is 0.612. The fourth-order valence-electron chi connectivity index (χ4n) is 3.04. The molecule has 2 aromatic rings. The molecule has 0 atom stereocenters. The van der Waals surface area contributed by atoms with E-state index in [1.165, 1.54) is 6.07 Å². The number of rotatable bonds is 2. The highest BCUT2D eigenvalue weighted by molar-refractivity contribution is 5.92. The van der Waals surface area contributed by atoms with Crippen LogP contribution in [0.4, 0.5) is 19.7 Å². The third-order valence-corrected chi connectivity index (χ3v) is 4.29. The molecule has 0 radical (unpaired) electrons. The van der Waals surface area contributed by atoms with E-state index in [4.69, 9.17) is 19.6 Å². The average Bonchev–Trinajstić information content (AvgIpc) is 2.62. The minimum absolute atomic E-state index is 0.184. The molecule has 1 aliphatic heterocycles. The van der Waals surface area contributed by atoms with Crippen molar-refractivity contribution in [2.75, 3.05) is 5.06 Å². The van der Waals surface area contributed by atoms with Gasteiger partial charge in [0.05, 0.1) is 17.3 Å². The fourth-order valence-corrected chi connectivity index (χ4v) is 3.04. The van der Waals surface area contributed by atoms with E-state index >= 15 is 0 Å². The summed E-state index contributed by atoms with van der Waals surface area (Å²) in [6, 6.07) is 10.8. The van der Waals surface area contributed by atoms with Crippen LogP contribution in [-0.2, 0) is 19.9 Å². The molecule has 1 aliphatic rings. The molecule has 0 aliphatic carbocycles. The first-order valence-corrected chi connectivity index (χ1v) is 9.19. The van der Waals surface area contributed by atoms with Crippen LogP contribution in [0.2, 0.25) is 0 Å². The Balaban J connectivity index is 2.03. The zero-order valence-electron chi connectivity index (χ0n) is 17.3. The number of hydrogen-bond acceptors (Lipinski definition) is 6. The lowest BCUT2D eigenvalue weighted by atomic mass is 9.91. The Labute approximate surface area is 173 Å². The van der Waals surface area contributed by atoms with Gasteiger partial charge in [0.2, 0.25) is 0 Å². The summed E-state index contributed by atoms with van der Waals surface area (Å²) in [5.74, 6) is -0.539. The molecular formula is C22H21FN2O5. The predicted molar refractivity (Wildman–Crippen MR) is 106 cm³/mol. The molecule has 156 valence electrons. The average molecular weight is 412 g/mol. The number of fused-ring (bicyclic) bond motifs is 1. The second kappa shape index (κ2) is 7.34. The van der Waals surface area contributed by atoms with Crippen LogP contribution < -0.4 is 5.06 Å². The van der Waals surface area contributed by atoms with Crippen molar-refractivity contribution in [3.05, 3.63) is 53.3 Å². The van der Waals surface area contributed by atoms with Gasteiger partial charge in [-0.1, -0.05) is 11.1 Å². The zero-order valence-corrected chi connectivity index (χ0v) is 17.3. The van der Waals surface area contributed by atoms with Gasteiger partial charge in [-0.15, -0.1) is 0 Å². The molecule has 0 fully saturated rings. The van der Waals surface area contributed by atoms with E-state index in [9.17, 15) is 14.0 Å². The minimum atomic E-state index is -1.06. The lowest BCUT2D eigenvalue weighted by Crippen LogP contribution is -2.45. The standard InChI is InChI=1S/C22H21FN2O5/c1-21(2,3)29-20(27)30-25-18-7-6-14(11-17(18)22(4,5)28-19(25)26)15-8-13(12-24)9-16(23)10-15/h6-11H,1-5H3. The largest absolute Gasteiger partial charge is 0.534 e. The van der Waals surface area contributed by atoms with Crippen LogP contribution in [0.1, 0.15) is 45.7 Å². The monoisotopic (exact) mass is 412 g/mol. The van der Waals surface area contributed by atoms with Crippen LogP contribution in [0.15, 0.2) is 36.4 Å². The van der Waals surface area contributed by atoms with Crippen LogP contribution in [0, 0.1) is 17.1 Å². The summed E-state index contributed by atoms with van der Waals surface area (Å²) >= 11 is 0. The highest BCUT2D eigenvalue weighted by Gasteiger charge is 2.41. The van der Waals surface area contributed by atoms with Crippen molar-refractivity contribution >= 4 is 17.9 Å². The van der Waals surface area contributed by atoms with Gasteiger partial charge < -0.3 is 9.47 Å². The number of anilines is 1. The Hall–Kier alpha value is -3.60. The molecule has 8 heteroatoms. The summed E-state index contributed by atoms with van der Waals surface area (Å²) in [7, 11) is 0. The summed E-state index contributed by atoms with van der Waals surface area (Å²) < 4.78 is 24.4. The number of carbonyl (C=O) groups excluding carboxylic acids is 2. The first-order valence-electron chi connectivity index (χ1n) is 9.19. The molecule has 7 nitrogen and oxygen atoms in total. The number of cyclic esters (lactones) is 1. The van der Waals surface area contributed by atoms with Crippen LogP contribution in [0.3, 0.4) is 0 Å². The number of ether oxygens (including phenoxy) is 2. The maximum atomic E-state index is 13.9. The molecule has 0 bridgehead atoms. The summed E-state index contributed by atoms with van der Waals surface area (Å²) in [4.78, 5) is 29.6. The van der Waals surface area contributed by atoms with Crippen LogP contribution in [0.5, 0.6) is 0 Å². The number of nitriles is 1. The van der Waals surface area contributed by atoms with Crippen molar-refractivity contribution in [1.82, 2.24) is 0 Å². The van der Waals surface area contributed by atoms with Crippen LogP contribution in [0.25, 0.3) is 11.1 Å². The second-order valence-corrected chi connectivity index (χ2v) is 8.30. The summed E-state index contributed by atoms with van der Waals surface area (Å²) in [6.07, 6.45) is -1.93. The number of amides is 1. The summed E-state index contributed by atoms with van der Waals surface area (Å²) in [5, 5.41) is 9.82. The number of halogens is 1. The Morgan fingerprint density at radius 1 is 1.17 bits per heavy atom. The van der Waals surface area contributed by atoms with Crippen LogP contribution in [-0.4, -0.2) is 17.8 Å². The zero-order chi connectivity index (χ0) is 22.3. The van der Waals surface area contributed by atoms with Gasteiger partial charge >= 0.3 is 12.2 Å². The number of carbonyl (C=O) groups is 2. The number of hydroxylamine groups is 1. The Morgan fingerprint density at radius 2 is 1.87 bits per heavy atom.